The van der Waals surface area contributed by atoms with Gasteiger partial charge < -0.3 is 10.2 Å². The van der Waals surface area contributed by atoms with Gasteiger partial charge >= 0.3 is 0 Å². The summed E-state index contributed by atoms with van der Waals surface area (Å²) in [7, 11) is -3.80. The van der Waals surface area contributed by atoms with Crippen molar-refractivity contribution in [3.05, 3.63) is 100 Å². The van der Waals surface area contributed by atoms with Crippen LogP contribution in [0.25, 0.3) is 0 Å². The van der Waals surface area contributed by atoms with Gasteiger partial charge in [0.1, 0.15) is 11.9 Å². The quantitative estimate of drug-likeness (QED) is 0.244. The van der Waals surface area contributed by atoms with Gasteiger partial charge in [0.15, 0.2) is 0 Å². The molecule has 0 fully saturated rings. The van der Waals surface area contributed by atoms with Gasteiger partial charge in [-0.25, -0.2) is 12.8 Å². The highest BCUT2D eigenvalue weighted by atomic mass is 79.9. The summed E-state index contributed by atoms with van der Waals surface area (Å²) in [6, 6.07) is 21.8. The Morgan fingerprint density at radius 2 is 1.59 bits per heavy atom. The van der Waals surface area contributed by atoms with Crippen molar-refractivity contribution in [1.29, 1.82) is 0 Å². The maximum absolute atomic E-state index is 14.5. The van der Waals surface area contributed by atoms with E-state index in [1.165, 1.54) is 18.2 Å². The van der Waals surface area contributed by atoms with Crippen LogP contribution in [0, 0.1) is 5.82 Å². The van der Waals surface area contributed by atoms with Crippen molar-refractivity contribution >= 4 is 43.5 Å². The number of carbonyl (C=O) groups excluding carboxylic acids is 2. The highest BCUT2D eigenvalue weighted by Gasteiger charge is 2.31. The molecule has 0 radical (unpaired) electrons. The van der Waals surface area contributed by atoms with E-state index in [1.54, 1.807) is 11.0 Å². The number of hydrogen-bond acceptors (Lipinski definition) is 4. The zero-order chi connectivity index (χ0) is 30.0. The van der Waals surface area contributed by atoms with Gasteiger partial charge in [-0.15, -0.1) is 0 Å². The predicted molar refractivity (Wildman–Crippen MR) is 164 cm³/mol. The Labute approximate surface area is 250 Å². The third kappa shape index (κ3) is 9.67. The summed E-state index contributed by atoms with van der Waals surface area (Å²) in [6.45, 7) is 4.01. The first-order valence-corrected chi connectivity index (χ1v) is 16.2. The van der Waals surface area contributed by atoms with Crippen molar-refractivity contribution in [2.24, 2.45) is 0 Å². The zero-order valence-electron chi connectivity index (χ0n) is 23.6. The van der Waals surface area contributed by atoms with E-state index in [0.717, 1.165) is 32.6 Å². The van der Waals surface area contributed by atoms with E-state index in [-0.39, 0.29) is 49.5 Å². The minimum Gasteiger partial charge on any atom is -0.352 e. The largest absolute Gasteiger partial charge is 0.352 e. The minimum absolute atomic E-state index is 0.0289. The summed E-state index contributed by atoms with van der Waals surface area (Å²) in [6.07, 6.45) is 2.18. The Bertz CT molecular complexity index is 1400. The third-order valence-electron chi connectivity index (χ3n) is 6.81. The molecule has 10 heteroatoms. The molecule has 2 amide bonds. The molecule has 0 aliphatic carbocycles. The number of sulfonamides is 1. The highest BCUT2D eigenvalue weighted by molar-refractivity contribution is 9.10. The van der Waals surface area contributed by atoms with Crippen LogP contribution in [0.15, 0.2) is 83.3 Å². The lowest BCUT2D eigenvalue weighted by Gasteiger charge is -2.32. The van der Waals surface area contributed by atoms with Crippen LogP contribution in [-0.2, 0) is 32.6 Å². The first kappa shape index (κ1) is 32.3. The van der Waals surface area contributed by atoms with Gasteiger partial charge in [-0.3, -0.25) is 13.9 Å². The Balaban J connectivity index is 1.89. The normalized spacial score (nSPS) is 12.8. The highest BCUT2D eigenvalue weighted by Crippen LogP contribution is 2.23. The molecule has 0 aromatic heterocycles. The molecule has 0 saturated carbocycles. The standard InChI is InChI=1S/C31H37BrFN3O4S/c1-4-23(2)34-31(38)29(21-24-11-6-5-7-12-24)35(22-25-16-18-26(32)19-17-25)30(37)15-10-20-36(41(3,39)40)28-14-9-8-13-27(28)33/h5-9,11-14,16-19,23,29H,4,10,15,20-22H2,1-3H3,(H,34,38)/t23-,29-/m0/s1. The maximum atomic E-state index is 14.5. The number of amides is 2. The monoisotopic (exact) mass is 645 g/mol. The second-order valence-corrected chi connectivity index (χ2v) is 12.9. The molecular weight excluding hydrogens is 609 g/mol. The summed E-state index contributed by atoms with van der Waals surface area (Å²) in [4.78, 5) is 29.0. The van der Waals surface area contributed by atoms with Crippen LogP contribution in [0.3, 0.4) is 0 Å². The predicted octanol–water partition coefficient (Wildman–Crippen LogP) is 5.69. The van der Waals surface area contributed by atoms with Crippen molar-refractivity contribution in [2.75, 3.05) is 17.1 Å². The smallest absolute Gasteiger partial charge is 0.243 e. The molecule has 7 nitrogen and oxygen atoms in total. The van der Waals surface area contributed by atoms with Crippen LogP contribution in [0.1, 0.15) is 44.2 Å². The number of halogens is 2. The van der Waals surface area contributed by atoms with Gasteiger partial charge in [0, 0.05) is 36.4 Å². The molecule has 0 aliphatic rings. The number of benzene rings is 3. The second kappa shape index (κ2) is 15.1. The summed E-state index contributed by atoms with van der Waals surface area (Å²) >= 11 is 3.43. The van der Waals surface area contributed by atoms with E-state index >= 15 is 0 Å². The Hall–Kier alpha value is -3.24. The molecule has 0 spiro atoms. The molecule has 41 heavy (non-hydrogen) atoms. The summed E-state index contributed by atoms with van der Waals surface area (Å²) in [5.74, 6) is -1.21. The molecule has 220 valence electrons. The molecule has 0 saturated heterocycles. The fourth-order valence-electron chi connectivity index (χ4n) is 4.42. The van der Waals surface area contributed by atoms with E-state index in [1.807, 2.05) is 68.4 Å². The fraction of sp³-hybridized carbons (Fsp3) is 0.355. The SMILES string of the molecule is CC[C@H](C)NC(=O)[C@H](Cc1ccccc1)N(Cc1ccc(Br)cc1)C(=O)CCCN(c1ccccc1F)S(C)(=O)=O. The average Bonchev–Trinajstić information content (AvgIpc) is 2.94. The van der Waals surface area contributed by atoms with Gasteiger partial charge in [-0.05, 0) is 55.2 Å². The van der Waals surface area contributed by atoms with Crippen molar-refractivity contribution < 1.29 is 22.4 Å². The molecule has 3 aromatic carbocycles. The van der Waals surface area contributed by atoms with Gasteiger partial charge in [-0.1, -0.05) is 77.5 Å². The van der Waals surface area contributed by atoms with E-state index < -0.39 is 21.9 Å². The van der Waals surface area contributed by atoms with E-state index in [4.69, 9.17) is 0 Å². The van der Waals surface area contributed by atoms with Gasteiger partial charge in [-0.2, -0.15) is 0 Å². The summed E-state index contributed by atoms with van der Waals surface area (Å²) in [5, 5.41) is 3.03. The van der Waals surface area contributed by atoms with Gasteiger partial charge in [0.2, 0.25) is 21.8 Å². The van der Waals surface area contributed by atoms with Crippen LogP contribution in [0.4, 0.5) is 10.1 Å². The van der Waals surface area contributed by atoms with E-state index in [2.05, 4.69) is 21.2 Å². The van der Waals surface area contributed by atoms with Crippen molar-refractivity contribution in [3.63, 3.8) is 0 Å². The number of hydrogen-bond donors (Lipinski definition) is 1. The first-order valence-electron chi connectivity index (χ1n) is 13.6. The van der Waals surface area contributed by atoms with Crippen LogP contribution in [0.5, 0.6) is 0 Å². The Kier molecular flexibility index (Phi) is 11.9. The summed E-state index contributed by atoms with van der Waals surface area (Å²) in [5.41, 5.74) is 1.69. The maximum Gasteiger partial charge on any atom is 0.243 e. The van der Waals surface area contributed by atoms with Gasteiger partial charge in [0.05, 0.1) is 11.9 Å². The molecule has 0 unspecified atom stereocenters. The van der Waals surface area contributed by atoms with Crippen molar-refractivity contribution in [1.82, 2.24) is 10.2 Å². The number of rotatable bonds is 14. The number of para-hydroxylation sites is 1. The van der Waals surface area contributed by atoms with Crippen LogP contribution < -0.4 is 9.62 Å². The Morgan fingerprint density at radius 1 is 0.951 bits per heavy atom. The minimum atomic E-state index is -3.80. The average molecular weight is 647 g/mol. The summed E-state index contributed by atoms with van der Waals surface area (Å²) < 4.78 is 41.3. The van der Waals surface area contributed by atoms with Gasteiger partial charge in [0.25, 0.3) is 0 Å². The molecule has 0 bridgehead atoms. The lowest BCUT2D eigenvalue weighted by Crippen LogP contribution is -2.52. The van der Waals surface area contributed by atoms with Crippen LogP contribution in [0.2, 0.25) is 0 Å². The zero-order valence-corrected chi connectivity index (χ0v) is 26.0. The fourth-order valence-corrected chi connectivity index (χ4v) is 5.65. The molecular formula is C31H37BrFN3O4S. The molecule has 3 rings (SSSR count). The second-order valence-electron chi connectivity index (χ2n) is 10.1. The molecule has 2 atom stereocenters. The van der Waals surface area contributed by atoms with Crippen LogP contribution in [-0.4, -0.2) is 50.0 Å². The number of nitrogens with one attached hydrogen (secondary N) is 1. The molecule has 3 aromatic rings. The molecule has 0 heterocycles. The topological polar surface area (TPSA) is 86.8 Å². The Morgan fingerprint density at radius 3 is 2.20 bits per heavy atom. The number of anilines is 1. The van der Waals surface area contributed by atoms with E-state index in [0.29, 0.717) is 6.42 Å². The third-order valence-corrected chi connectivity index (χ3v) is 8.52. The lowest BCUT2D eigenvalue weighted by atomic mass is 10.0. The number of carbonyl (C=O) groups is 2. The van der Waals surface area contributed by atoms with E-state index in [9.17, 15) is 22.4 Å². The molecule has 1 N–H and O–H groups in total. The lowest BCUT2D eigenvalue weighted by molar-refractivity contribution is -0.141. The first-order chi connectivity index (χ1) is 19.5. The van der Waals surface area contributed by atoms with Crippen molar-refractivity contribution in [3.8, 4) is 0 Å². The van der Waals surface area contributed by atoms with Crippen LogP contribution >= 0.6 is 15.9 Å². The molecule has 0 aliphatic heterocycles. The van der Waals surface area contributed by atoms with Crippen molar-refractivity contribution in [2.45, 2.75) is 58.2 Å². The number of nitrogens with zero attached hydrogens (tertiary/aromatic N) is 2.